The maximum Gasteiger partial charge on any atom is 0.343 e. The van der Waals surface area contributed by atoms with Crippen LogP contribution < -0.4 is 4.74 Å². The summed E-state index contributed by atoms with van der Waals surface area (Å²) >= 11 is 0. The number of ketones is 1. The van der Waals surface area contributed by atoms with E-state index in [-0.39, 0.29) is 5.78 Å². The molecule has 22 heavy (non-hydrogen) atoms. The topological polar surface area (TPSA) is 56.5 Å². The molecular weight excluding hydrogens is 280 g/mol. The quantitative estimate of drug-likeness (QED) is 0.413. The van der Waals surface area contributed by atoms with Crippen molar-refractivity contribution in [1.29, 1.82) is 0 Å². The summed E-state index contributed by atoms with van der Waals surface area (Å²) in [6, 6.07) is 12.2. The predicted octanol–water partition coefficient (Wildman–Crippen LogP) is 4.16. The van der Waals surface area contributed by atoms with Crippen molar-refractivity contribution in [3.63, 3.8) is 0 Å². The van der Waals surface area contributed by atoms with Gasteiger partial charge in [-0.3, -0.25) is 4.79 Å². The monoisotopic (exact) mass is 294 g/mol. The van der Waals surface area contributed by atoms with Crippen molar-refractivity contribution in [2.75, 3.05) is 0 Å². The number of fused-ring (bicyclic) bond motifs is 1. The van der Waals surface area contributed by atoms with Crippen LogP contribution in [0.5, 0.6) is 5.75 Å². The Morgan fingerprint density at radius 2 is 1.82 bits per heavy atom. The number of carbonyl (C=O) groups excluding carboxylic acids is 2. The first-order valence-electron chi connectivity index (χ1n) is 6.86. The summed E-state index contributed by atoms with van der Waals surface area (Å²) in [4.78, 5) is 23.8. The van der Waals surface area contributed by atoms with Crippen molar-refractivity contribution in [2.45, 2.75) is 13.8 Å². The number of esters is 1. The number of aryl methyl sites for hydroxylation is 1. The van der Waals surface area contributed by atoms with Gasteiger partial charge in [-0.05, 0) is 43.7 Å². The summed E-state index contributed by atoms with van der Waals surface area (Å²) in [7, 11) is 0. The molecule has 0 atom stereocenters. The van der Waals surface area contributed by atoms with Gasteiger partial charge in [0.15, 0.2) is 5.78 Å². The van der Waals surface area contributed by atoms with Crippen molar-refractivity contribution >= 4 is 22.7 Å². The number of rotatable bonds is 3. The van der Waals surface area contributed by atoms with Gasteiger partial charge in [-0.15, -0.1) is 0 Å². The molecule has 0 saturated heterocycles. The van der Waals surface area contributed by atoms with Gasteiger partial charge in [0.1, 0.15) is 17.6 Å². The lowest BCUT2D eigenvalue weighted by molar-refractivity contribution is 0.0734. The van der Waals surface area contributed by atoms with Gasteiger partial charge in [-0.25, -0.2) is 4.79 Å². The van der Waals surface area contributed by atoms with Crippen LogP contribution in [0.4, 0.5) is 0 Å². The number of benzene rings is 2. The average Bonchev–Trinajstić information content (AvgIpc) is 2.91. The van der Waals surface area contributed by atoms with Crippen LogP contribution in [-0.2, 0) is 0 Å². The van der Waals surface area contributed by atoms with E-state index in [1.165, 1.54) is 13.2 Å². The molecule has 110 valence electrons. The number of carbonyl (C=O) groups is 2. The zero-order valence-corrected chi connectivity index (χ0v) is 12.3. The van der Waals surface area contributed by atoms with E-state index in [1.54, 1.807) is 30.3 Å². The van der Waals surface area contributed by atoms with E-state index in [0.29, 0.717) is 27.8 Å². The molecule has 0 radical (unpaired) electrons. The third-order valence-electron chi connectivity index (χ3n) is 3.50. The van der Waals surface area contributed by atoms with Gasteiger partial charge in [-0.1, -0.05) is 18.2 Å². The number of hydrogen-bond acceptors (Lipinski definition) is 4. The lowest BCUT2D eigenvalue weighted by Crippen LogP contribution is -2.10. The van der Waals surface area contributed by atoms with E-state index in [2.05, 4.69) is 0 Å². The number of hydrogen-bond donors (Lipinski definition) is 0. The molecule has 3 rings (SSSR count). The Kier molecular flexibility index (Phi) is 3.51. The molecule has 4 nitrogen and oxygen atoms in total. The summed E-state index contributed by atoms with van der Waals surface area (Å²) in [6.07, 6.45) is 1.42. The summed E-state index contributed by atoms with van der Waals surface area (Å²) < 4.78 is 10.7. The van der Waals surface area contributed by atoms with Crippen molar-refractivity contribution in [3.8, 4) is 5.75 Å². The molecule has 1 aromatic heterocycles. The maximum atomic E-state index is 12.2. The van der Waals surface area contributed by atoms with Crippen molar-refractivity contribution in [3.05, 3.63) is 65.4 Å². The van der Waals surface area contributed by atoms with Crippen LogP contribution in [0.25, 0.3) is 11.0 Å². The van der Waals surface area contributed by atoms with E-state index >= 15 is 0 Å². The summed E-state index contributed by atoms with van der Waals surface area (Å²) in [5, 5.41) is 0.641. The third kappa shape index (κ3) is 2.51. The largest absolute Gasteiger partial charge is 0.464 e. The smallest absolute Gasteiger partial charge is 0.343 e. The van der Waals surface area contributed by atoms with E-state index < -0.39 is 5.97 Å². The van der Waals surface area contributed by atoms with Crippen LogP contribution in [0.15, 0.2) is 53.1 Å². The lowest BCUT2D eigenvalue weighted by atomic mass is 10.1. The van der Waals surface area contributed by atoms with Crippen LogP contribution in [0.2, 0.25) is 0 Å². The molecule has 4 heteroatoms. The van der Waals surface area contributed by atoms with Crippen molar-refractivity contribution in [2.24, 2.45) is 0 Å². The molecule has 1 heterocycles. The number of ether oxygens (including phenoxy) is 1. The molecule has 2 aromatic carbocycles. The first-order chi connectivity index (χ1) is 10.6. The van der Waals surface area contributed by atoms with Crippen LogP contribution in [0.1, 0.15) is 33.2 Å². The summed E-state index contributed by atoms with van der Waals surface area (Å²) in [5.74, 6) is -0.142. The van der Waals surface area contributed by atoms with E-state index in [9.17, 15) is 9.59 Å². The average molecular weight is 294 g/mol. The molecule has 3 aromatic rings. The highest BCUT2D eigenvalue weighted by Gasteiger charge is 2.14. The molecule has 0 aliphatic carbocycles. The van der Waals surface area contributed by atoms with Crippen molar-refractivity contribution < 1.29 is 18.7 Å². The molecule has 0 fully saturated rings. The Morgan fingerprint density at radius 3 is 2.55 bits per heavy atom. The molecule has 0 saturated carbocycles. The SMILES string of the molecule is CC(=O)c1coc2ccc(OC(=O)c3ccccc3C)cc12. The molecule has 0 N–H and O–H groups in total. The first-order valence-corrected chi connectivity index (χ1v) is 6.86. The second-order valence-corrected chi connectivity index (χ2v) is 5.07. The zero-order chi connectivity index (χ0) is 15.7. The molecule has 0 bridgehead atoms. The maximum absolute atomic E-state index is 12.2. The van der Waals surface area contributed by atoms with E-state index in [4.69, 9.17) is 9.15 Å². The van der Waals surface area contributed by atoms with Crippen LogP contribution in [0, 0.1) is 6.92 Å². The van der Waals surface area contributed by atoms with Gasteiger partial charge in [0.2, 0.25) is 0 Å². The summed E-state index contributed by atoms with van der Waals surface area (Å²) in [6.45, 7) is 3.32. The standard InChI is InChI=1S/C18H14O4/c1-11-5-3-4-6-14(11)18(20)22-13-7-8-17-15(9-13)16(10-21-17)12(2)19/h3-10H,1-2H3. The van der Waals surface area contributed by atoms with Gasteiger partial charge in [0, 0.05) is 5.39 Å². The Labute approximate surface area is 127 Å². The summed E-state index contributed by atoms with van der Waals surface area (Å²) in [5.41, 5.74) is 2.42. The molecular formula is C18H14O4. The predicted molar refractivity (Wildman–Crippen MR) is 82.4 cm³/mol. The highest BCUT2D eigenvalue weighted by atomic mass is 16.5. The Morgan fingerprint density at radius 1 is 1.05 bits per heavy atom. The van der Waals surface area contributed by atoms with E-state index in [0.717, 1.165) is 5.56 Å². The third-order valence-corrected chi connectivity index (χ3v) is 3.50. The van der Waals surface area contributed by atoms with Gasteiger partial charge in [0.05, 0.1) is 11.1 Å². The fraction of sp³-hybridized carbons (Fsp3) is 0.111. The second kappa shape index (κ2) is 5.48. The Bertz CT molecular complexity index is 874. The van der Waals surface area contributed by atoms with Crippen LogP contribution in [-0.4, -0.2) is 11.8 Å². The van der Waals surface area contributed by atoms with Gasteiger partial charge in [0.25, 0.3) is 0 Å². The fourth-order valence-corrected chi connectivity index (χ4v) is 2.31. The Hall–Kier alpha value is -2.88. The number of furan rings is 1. The minimum atomic E-state index is -0.426. The van der Waals surface area contributed by atoms with Crippen LogP contribution in [0.3, 0.4) is 0 Å². The minimum Gasteiger partial charge on any atom is -0.464 e. The van der Waals surface area contributed by atoms with Gasteiger partial charge < -0.3 is 9.15 Å². The van der Waals surface area contributed by atoms with Crippen molar-refractivity contribution in [1.82, 2.24) is 0 Å². The Balaban J connectivity index is 1.94. The lowest BCUT2D eigenvalue weighted by Gasteiger charge is -2.06. The first kappa shape index (κ1) is 14.1. The molecule has 0 unspecified atom stereocenters. The highest BCUT2D eigenvalue weighted by Crippen LogP contribution is 2.26. The van der Waals surface area contributed by atoms with E-state index in [1.807, 2.05) is 19.1 Å². The van der Waals surface area contributed by atoms with Gasteiger partial charge in [-0.2, -0.15) is 0 Å². The molecule has 0 aliphatic rings. The molecule has 0 spiro atoms. The zero-order valence-electron chi connectivity index (χ0n) is 12.3. The van der Waals surface area contributed by atoms with Crippen LogP contribution >= 0.6 is 0 Å². The molecule has 0 aliphatic heterocycles. The minimum absolute atomic E-state index is 0.0962. The second-order valence-electron chi connectivity index (χ2n) is 5.07. The fourth-order valence-electron chi connectivity index (χ4n) is 2.31. The number of Topliss-reactive ketones (excluding diaryl/α,β-unsaturated/α-hetero) is 1. The van der Waals surface area contributed by atoms with Gasteiger partial charge >= 0.3 is 5.97 Å². The normalized spacial score (nSPS) is 10.6. The molecule has 0 amide bonds. The highest BCUT2D eigenvalue weighted by molar-refractivity contribution is 6.06.